The highest BCUT2D eigenvalue weighted by Crippen LogP contribution is 1.98. The molecular weight excluding hydrogens is 188 g/mol. The van der Waals surface area contributed by atoms with Crippen LogP contribution in [0.5, 0.6) is 0 Å². The number of aliphatic hydroxyl groups is 1. The molecule has 62 valence electrons. The molecule has 1 aliphatic rings. The Kier molecular flexibility index (Phi) is 4.10. The van der Waals surface area contributed by atoms with Crippen molar-refractivity contribution in [2.45, 2.75) is 6.10 Å². The maximum atomic E-state index is 10.3. The Morgan fingerprint density at radius 2 is 2.00 bits per heavy atom. The van der Waals surface area contributed by atoms with Crippen molar-refractivity contribution in [3.8, 4) is 0 Å². The summed E-state index contributed by atoms with van der Waals surface area (Å²) in [7, 11) is -2.30. The number of allylic oxidation sites excluding steroid dienone is 2. The molecule has 0 aromatic rings. The molecule has 0 saturated heterocycles. The van der Waals surface area contributed by atoms with Gasteiger partial charge < -0.3 is 5.11 Å². The molecule has 0 spiro atoms. The quantitative estimate of drug-likeness (QED) is 0.550. The number of halogens is 1. The van der Waals surface area contributed by atoms with Crippen molar-refractivity contribution < 1.29 is 13.5 Å². The zero-order valence-electron chi connectivity index (χ0n) is 5.47. The van der Waals surface area contributed by atoms with Gasteiger partial charge >= 0.3 is 0 Å². The van der Waals surface area contributed by atoms with Crippen LogP contribution in [0.15, 0.2) is 24.3 Å². The van der Waals surface area contributed by atoms with Gasteiger partial charge in [0, 0.05) is 0 Å². The molecule has 0 saturated carbocycles. The summed E-state index contributed by atoms with van der Waals surface area (Å²) in [4.78, 5) is 0.0162. The zero-order valence-corrected chi connectivity index (χ0v) is 7.10. The van der Waals surface area contributed by atoms with Crippen molar-refractivity contribution in [3.63, 3.8) is 0 Å². The van der Waals surface area contributed by atoms with E-state index in [9.17, 15) is 8.42 Å². The second-order valence-electron chi connectivity index (χ2n) is 1.83. The van der Waals surface area contributed by atoms with Gasteiger partial charge in [0.25, 0.3) is 0 Å². The Morgan fingerprint density at radius 1 is 1.36 bits per heavy atom. The van der Waals surface area contributed by atoms with Gasteiger partial charge in [-0.25, -0.2) is 0 Å². The lowest BCUT2D eigenvalue weighted by molar-refractivity contribution is 0.291. The zero-order chi connectivity index (χ0) is 7.56. The third kappa shape index (κ3) is 2.49. The van der Waals surface area contributed by atoms with Crippen LogP contribution in [0, 0.1) is 0 Å². The monoisotopic (exact) mass is 194 g/mol. The van der Waals surface area contributed by atoms with E-state index in [1.165, 1.54) is 12.2 Å². The third-order valence-electron chi connectivity index (χ3n) is 1.15. The Morgan fingerprint density at radius 3 is 2.36 bits per heavy atom. The summed E-state index contributed by atoms with van der Waals surface area (Å²) in [6.45, 7) is 0. The highest BCUT2D eigenvalue weighted by atomic mass is 35.5. The molecule has 0 fully saturated rings. The molecule has 1 atom stereocenters. The number of hydrogen-bond donors (Lipinski definition) is 1. The Bertz CT molecular complexity index is 305. The first-order valence-corrected chi connectivity index (χ1v) is 3.78. The van der Waals surface area contributed by atoms with E-state index in [-0.39, 0.29) is 17.3 Å². The van der Waals surface area contributed by atoms with Crippen LogP contribution in [0.25, 0.3) is 0 Å². The molecule has 5 heteroatoms. The van der Waals surface area contributed by atoms with Gasteiger partial charge in [0.2, 0.25) is 10.3 Å². The van der Waals surface area contributed by atoms with Gasteiger partial charge in [0.05, 0.1) is 0 Å². The fraction of sp³-hybridized carbons (Fsp3) is 0.167. The van der Waals surface area contributed by atoms with Gasteiger partial charge in [0.15, 0.2) is 0 Å². The van der Waals surface area contributed by atoms with Crippen molar-refractivity contribution in [2.75, 3.05) is 0 Å². The van der Waals surface area contributed by atoms with E-state index >= 15 is 0 Å². The fourth-order valence-electron chi connectivity index (χ4n) is 0.667. The number of rotatable bonds is 0. The summed E-state index contributed by atoms with van der Waals surface area (Å²) in [5.74, 6) is 0. The predicted molar refractivity (Wildman–Crippen MR) is 45.5 cm³/mol. The average Bonchev–Trinajstić information content (AvgIpc) is 1.88. The van der Waals surface area contributed by atoms with E-state index in [1.54, 1.807) is 12.2 Å². The summed E-state index contributed by atoms with van der Waals surface area (Å²) < 4.78 is 20.6. The first-order chi connectivity index (χ1) is 4.72. The first kappa shape index (κ1) is 10.4. The second kappa shape index (κ2) is 4.33. The molecule has 1 aliphatic carbocycles. The molecule has 0 aromatic heterocycles. The molecule has 0 aromatic carbocycles. The Hall–Kier alpha value is -0.580. The van der Waals surface area contributed by atoms with Crippen molar-refractivity contribution in [1.29, 1.82) is 0 Å². The molecule has 1 unspecified atom stereocenters. The standard InChI is InChI=1S/C6H6O3S.ClH/c7-5-3-1-2-4-6(5)10(8)9;/h1-5,7H;1H. The van der Waals surface area contributed by atoms with Crippen LogP contribution in [0.4, 0.5) is 0 Å². The lowest BCUT2D eigenvalue weighted by Gasteiger charge is -2.03. The highest BCUT2D eigenvalue weighted by molar-refractivity contribution is 7.73. The third-order valence-corrected chi connectivity index (χ3v) is 1.91. The van der Waals surface area contributed by atoms with Crippen LogP contribution < -0.4 is 0 Å². The van der Waals surface area contributed by atoms with Gasteiger partial charge in [-0.15, -0.1) is 12.4 Å². The first-order valence-electron chi connectivity index (χ1n) is 2.71. The van der Waals surface area contributed by atoms with E-state index in [0.29, 0.717) is 0 Å². The molecule has 0 radical (unpaired) electrons. The maximum absolute atomic E-state index is 10.3. The molecule has 0 amide bonds. The molecule has 0 bridgehead atoms. The molecule has 0 aliphatic heterocycles. The minimum atomic E-state index is -2.30. The largest absolute Gasteiger partial charge is 0.383 e. The van der Waals surface area contributed by atoms with Crippen LogP contribution >= 0.6 is 12.4 Å². The van der Waals surface area contributed by atoms with Crippen molar-refractivity contribution in [2.24, 2.45) is 0 Å². The average molecular weight is 195 g/mol. The predicted octanol–water partition coefficient (Wildman–Crippen LogP) is -0.0534. The van der Waals surface area contributed by atoms with E-state index in [0.717, 1.165) is 0 Å². The normalized spacial score (nSPS) is 21.2. The molecule has 11 heavy (non-hydrogen) atoms. The SMILES string of the molecule is Cl.O=S(=O)=C1C=CC=CC1O. The lowest BCUT2D eigenvalue weighted by Crippen LogP contribution is -2.17. The van der Waals surface area contributed by atoms with Gasteiger partial charge in [-0.3, -0.25) is 0 Å². The summed E-state index contributed by atoms with van der Waals surface area (Å²) in [5, 5.41) is 8.97. The topological polar surface area (TPSA) is 54.4 Å². The van der Waals surface area contributed by atoms with Gasteiger partial charge in [-0.1, -0.05) is 18.2 Å². The van der Waals surface area contributed by atoms with Crippen LogP contribution in [-0.2, 0) is 10.3 Å². The van der Waals surface area contributed by atoms with Gasteiger partial charge in [-0.05, 0) is 6.08 Å². The molecule has 3 nitrogen and oxygen atoms in total. The highest BCUT2D eigenvalue weighted by Gasteiger charge is 2.08. The lowest BCUT2D eigenvalue weighted by atomic mass is 10.1. The summed E-state index contributed by atoms with van der Waals surface area (Å²) in [6, 6.07) is 0. The Labute approximate surface area is 72.0 Å². The Balaban J connectivity index is 0.000001000. The van der Waals surface area contributed by atoms with E-state index < -0.39 is 16.4 Å². The van der Waals surface area contributed by atoms with Crippen LogP contribution in [0.1, 0.15) is 0 Å². The van der Waals surface area contributed by atoms with Crippen LogP contribution in [0.2, 0.25) is 0 Å². The van der Waals surface area contributed by atoms with Crippen molar-refractivity contribution in [1.82, 2.24) is 0 Å². The van der Waals surface area contributed by atoms with Gasteiger partial charge in [-0.2, -0.15) is 8.42 Å². The van der Waals surface area contributed by atoms with Crippen LogP contribution in [0.3, 0.4) is 0 Å². The van der Waals surface area contributed by atoms with E-state index in [1.807, 2.05) is 0 Å². The smallest absolute Gasteiger partial charge is 0.220 e. The number of aliphatic hydroxyl groups excluding tert-OH is 1. The fourth-order valence-corrected chi connectivity index (χ4v) is 1.13. The minimum absolute atomic E-state index is 0. The van der Waals surface area contributed by atoms with Crippen molar-refractivity contribution in [3.05, 3.63) is 24.3 Å². The maximum Gasteiger partial charge on any atom is 0.220 e. The van der Waals surface area contributed by atoms with Crippen LogP contribution in [-0.4, -0.2) is 24.5 Å². The minimum Gasteiger partial charge on any atom is -0.383 e. The number of hydrogen-bond acceptors (Lipinski definition) is 3. The van der Waals surface area contributed by atoms with Gasteiger partial charge in [0.1, 0.15) is 11.0 Å². The molecule has 1 rings (SSSR count). The van der Waals surface area contributed by atoms with E-state index in [2.05, 4.69) is 0 Å². The van der Waals surface area contributed by atoms with E-state index in [4.69, 9.17) is 5.11 Å². The molecule has 0 heterocycles. The summed E-state index contributed by atoms with van der Waals surface area (Å²) >= 11 is 0. The molecular formula is C6H7ClO3S. The molecule has 1 N–H and O–H groups in total. The second-order valence-corrected chi connectivity index (χ2v) is 2.77. The summed E-state index contributed by atoms with van der Waals surface area (Å²) in [5.41, 5.74) is 0. The van der Waals surface area contributed by atoms with Crippen molar-refractivity contribution >= 4 is 27.6 Å². The summed E-state index contributed by atoms with van der Waals surface area (Å²) in [6.07, 6.45) is 4.97.